The van der Waals surface area contributed by atoms with E-state index in [0.717, 1.165) is 24.2 Å². The molecule has 1 heterocycles. The number of halogens is 2. The predicted molar refractivity (Wildman–Crippen MR) is 72.1 cm³/mol. The molecule has 92 valence electrons. The summed E-state index contributed by atoms with van der Waals surface area (Å²) < 4.78 is 15.1. The van der Waals surface area contributed by atoms with Crippen LogP contribution in [-0.2, 0) is 6.54 Å². The van der Waals surface area contributed by atoms with E-state index >= 15 is 0 Å². The van der Waals surface area contributed by atoms with Gasteiger partial charge in [0.1, 0.15) is 5.82 Å². The Hall–Kier alpha value is -0.940. The molecule has 0 radical (unpaired) electrons. The zero-order chi connectivity index (χ0) is 12.4. The third-order valence-electron chi connectivity index (χ3n) is 2.55. The molecule has 0 bridgehead atoms. The van der Waals surface area contributed by atoms with Gasteiger partial charge < -0.3 is 10.3 Å². The number of aryl methyl sites for hydroxylation is 1. The van der Waals surface area contributed by atoms with Gasteiger partial charge in [-0.2, -0.15) is 11.8 Å². The Balaban J connectivity index is 2.40. The average molecular weight is 274 g/mol. The highest BCUT2D eigenvalue weighted by atomic mass is 35.5. The number of nitrogens with zero attached hydrogens (tertiary/aromatic N) is 2. The highest BCUT2D eigenvalue weighted by Crippen LogP contribution is 2.25. The van der Waals surface area contributed by atoms with Crippen LogP contribution in [0, 0.1) is 5.82 Å². The number of rotatable bonds is 4. The lowest BCUT2D eigenvalue weighted by Crippen LogP contribution is -2.04. The second-order valence-corrected chi connectivity index (χ2v) is 5.12. The third kappa shape index (κ3) is 2.50. The molecule has 0 aliphatic rings. The largest absolute Gasteiger partial charge is 0.369 e. The zero-order valence-corrected chi connectivity index (χ0v) is 11.0. The number of nitrogens with two attached hydrogens (primary N) is 1. The standard InChI is InChI=1S/C11H13ClFN3S/c1-17-4-2-3-16-10-5-7(12)8(13)6-9(10)15-11(16)14/h5-6H,2-4H2,1H3,(H2,14,15). The second-order valence-electron chi connectivity index (χ2n) is 3.72. The minimum Gasteiger partial charge on any atom is -0.369 e. The smallest absolute Gasteiger partial charge is 0.201 e. The Labute approximate surface area is 108 Å². The summed E-state index contributed by atoms with van der Waals surface area (Å²) in [7, 11) is 0. The number of imidazole rings is 1. The fraction of sp³-hybridized carbons (Fsp3) is 0.364. The summed E-state index contributed by atoms with van der Waals surface area (Å²) in [5.74, 6) is 0.990. The minimum absolute atomic E-state index is 0.100. The van der Waals surface area contributed by atoms with Crippen LogP contribution in [-0.4, -0.2) is 21.6 Å². The van der Waals surface area contributed by atoms with Crippen LogP contribution in [0.3, 0.4) is 0 Å². The van der Waals surface area contributed by atoms with Crippen molar-refractivity contribution < 1.29 is 4.39 Å². The summed E-state index contributed by atoms with van der Waals surface area (Å²) in [5.41, 5.74) is 7.15. The quantitative estimate of drug-likeness (QED) is 0.870. The molecule has 3 nitrogen and oxygen atoms in total. The first-order valence-electron chi connectivity index (χ1n) is 5.23. The van der Waals surface area contributed by atoms with Crippen molar-refractivity contribution in [3.8, 4) is 0 Å². The Morgan fingerprint density at radius 2 is 2.29 bits per heavy atom. The van der Waals surface area contributed by atoms with Crippen molar-refractivity contribution in [3.05, 3.63) is 23.0 Å². The number of aromatic nitrogens is 2. The van der Waals surface area contributed by atoms with Crippen molar-refractivity contribution in [3.63, 3.8) is 0 Å². The van der Waals surface area contributed by atoms with E-state index in [1.54, 1.807) is 17.8 Å². The summed E-state index contributed by atoms with van der Waals surface area (Å²) in [5, 5.41) is 0.100. The molecule has 0 unspecified atom stereocenters. The molecule has 0 atom stereocenters. The first kappa shape index (κ1) is 12.5. The molecule has 0 saturated heterocycles. The minimum atomic E-state index is -0.465. The van der Waals surface area contributed by atoms with Crippen molar-refractivity contribution in [1.82, 2.24) is 9.55 Å². The summed E-state index contributed by atoms with van der Waals surface area (Å²) in [4.78, 5) is 4.13. The maximum atomic E-state index is 13.3. The molecule has 0 spiro atoms. The molecule has 0 saturated carbocycles. The topological polar surface area (TPSA) is 43.8 Å². The number of benzene rings is 1. The molecule has 0 aliphatic carbocycles. The zero-order valence-electron chi connectivity index (χ0n) is 9.41. The summed E-state index contributed by atoms with van der Waals surface area (Å²) in [6.45, 7) is 0.769. The van der Waals surface area contributed by atoms with Crippen molar-refractivity contribution in [1.29, 1.82) is 0 Å². The highest BCUT2D eigenvalue weighted by molar-refractivity contribution is 7.98. The fourth-order valence-electron chi connectivity index (χ4n) is 1.74. The maximum absolute atomic E-state index is 13.3. The Morgan fingerprint density at radius 1 is 1.53 bits per heavy atom. The lowest BCUT2D eigenvalue weighted by molar-refractivity contribution is 0.629. The maximum Gasteiger partial charge on any atom is 0.201 e. The van der Waals surface area contributed by atoms with Gasteiger partial charge in [-0.1, -0.05) is 11.6 Å². The van der Waals surface area contributed by atoms with Gasteiger partial charge in [-0.25, -0.2) is 9.37 Å². The number of anilines is 1. The third-order valence-corrected chi connectivity index (χ3v) is 3.54. The van der Waals surface area contributed by atoms with Crippen LogP contribution in [0.15, 0.2) is 12.1 Å². The van der Waals surface area contributed by atoms with Crippen LogP contribution in [0.4, 0.5) is 10.3 Å². The lowest BCUT2D eigenvalue weighted by Gasteiger charge is -2.05. The van der Waals surface area contributed by atoms with Gasteiger partial charge in [-0.15, -0.1) is 0 Å². The van der Waals surface area contributed by atoms with Crippen LogP contribution in [0.2, 0.25) is 5.02 Å². The van der Waals surface area contributed by atoms with Crippen LogP contribution in [0.25, 0.3) is 11.0 Å². The number of fused-ring (bicyclic) bond motifs is 1. The molecular weight excluding hydrogens is 261 g/mol. The van der Waals surface area contributed by atoms with E-state index in [0.29, 0.717) is 11.5 Å². The van der Waals surface area contributed by atoms with Gasteiger partial charge in [0.05, 0.1) is 16.1 Å². The van der Waals surface area contributed by atoms with Crippen molar-refractivity contribution in [2.45, 2.75) is 13.0 Å². The van der Waals surface area contributed by atoms with E-state index in [2.05, 4.69) is 11.2 Å². The van der Waals surface area contributed by atoms with E-state index in [9.17, 15) is 4.39 Å². The van der Waals surface area contributed by atoms with E-state index < -0.39 is 5.82 Å². The van der Waals surface area contributed by atoms with E-state index in [-0.39, 0.29) is 5.02 Å². The molecule has 6 heteroatoms. The summed E-state index contributed by atoms with van der Waals surface area (Å²) in [6, 6.07) is 2.90. The fourth-order valence-corrected chi connectivity index (χ4v) is 2.32. The van der Waals surface area contributed by atoms with Crippen LogP contribution in [0.5, 0.6) is 0 Å². The number of thioether (sulfide) groups is 1. The molecule has 1 aromatic heterocycles. The van der Waals surface area contributed by atoms with E-state index in [4.69, 9.17) is 17.3 Å². The van der Waals surface area contributed by atoms with Gasteiger partial charge in [0.25, 0.3) is 0 Å². The van der Waals surface area contributed by atoms with Crippen molar-refractivity contribution >= 4 is 40.3 Å². The van der Waals surface area contributed by atoms with Gasteiger partial charge >= 0.3 is 0 Å². The van der Waals surface area contributed by atoms with Gasteiger partial charge in [0.2, 0.25) is 5.95 Å². The van der Waals surface area contributed by atoms with Gasteiger partial charge in [0.15, 0.2) is 0 Å². The van der Waals surface area contributed by atoms with Crippen LogP contribution in [0.1, 0.15) is 6.42 Å². The van der Waals surface area contributed by atoms with Crippen molar-refractivity contribution in [2.24, 2.45) is 0 Å². The SMILES string of the molecule is CSCCCn1c(N)nc2cc(F)c(Cl)cc21. The molecule has 1 aromatic carbocycles. The van der Waals surface area contributed by atoms with Gasteiger partial charge in [0, 0.05) is 12.6 Å². The molecule has 17 heavy (non-hydrogen) atoms. The molecule has 2 rings (SSSR count). The number of nitrogen functional groups attached to an aromatic ring is 1. The average Bonchev–Trinajstić information content (AvgIpc) is 2.57. The highest BCUT2D eigenvalue weighted by Gasteiger charge is 2.11. The Kier molecular flexibility index (Phi) is 3.79. The predicted octanol–water partition coefficient (Wildman–Crippen LogP) is 3.16. The summed E-state index contributed by atoms with van der Waals surface area (Å²) >= 11 is 7.55. The lowest BCUT2D eigenvalue weighted by atomic mass is 10.3. The molecule has 0 fully saturated rings. The first-order chi connectivity index (χ1) is 8.13. The van der Waals surface area contributed by atoms with Crippen LogP contribution < -0.4 is 5.73 Å². The van der Waals surface area contributed by atoms with Gasteiger partial charge in [-0.3, -0.25) is 0 Å². The first-order valence-corrected chi connectivity index (χ1v) is 7.00. The monoisotopic (exact) mass is 273 g/mol. The summed E-state index contributed by atoms with van der Waals surface area (Å²) in [6.07, 6.45) is 3.05. The van der Waals surface area contributed by atoms with Crippen molar-refractivity contribution in [2.75, 3.05) is 17.7 Å². The Bertz CT molecular complexity index is 541. The molecule has 2 aromatic rings. The van der Waals surface area contributed by atoms with Crippen LogP contribution >= 0.6 is 23.4 Å². The second kappa shape index (κ2) is 5.14. The van der Waals surface area contributed by atoms with E-state index in [1.807, 2.05) is 4.57 Å². The van der Waals surface area contributed by atoms with Gasteiger partial charge in [-0.05, 0) is 24.5 Å². The van der Waals surface area contributed by atoms with E-state index in [1.165, 1.54) is 6.07 Å². The molecule has 0 amide bonds. The Morgan fingerprint density at radius 3 is 3.00 bits per heavy atom. The normalized spacial score (nSPS) is 11.2. The molecular formula is C11H13ClFN3S. The number of hydrogen-bond donors (Lipinski definition) is 1. The molecule has 0 aliphatic heterocycles. The molecule has 2 N–H and O–H groups in total. The number of hydrogen-bond acceptors (Lipinski definition) is 3.